The van der Waals surface area contributed by atoms with Crippen LogP contribution in [0.5, 0.6) is 5.75 Å². The van der Waals surface area contributed by atoms with Gasteiger partial charge in [0.15, 0.2) is 0 Å². The zero-order chi connectivity index (χ0) is 14.4. The van der Waals surface area contributed by atoms with Crippen LogP contribution in [0.2, 0.25) is 0 Å². The van der Waals surface area contributed by atoms with Crippen LogP contribution in [0.1, 0.15) is 12.5 Å². The minimum absolute atomic E-state index is 0.0773. The standard InChI is InChI=1S/C15H16N2O3/c1-2-20-13-7-5-6-12(10-13)11-16-14-8-3-4-9-15(14)17(18)19/h3-10,16H,2,11H2,1H3. The number of rotatable bonds is 6. The molecule has 20 heavy (non-hydrogen) atoms. The van der Waals surface area contributed by atoms with Gasteiger partial charge in [-0.1, -0.05) is 24.3 Å². The first-order valence-corrected chi connectivity index (χ1v) is 6.39. The number of ether oxygens (including phenoxy) is 1. The zero-order valence-electron chi connectivity index (χ0n) is 11.2. The third-order valence-electron chi connectivity index (χ3n) is 2.79. The first-order valence-electron chi connectivity index (χ1n) is 6.39. The zero-order valence-corrected chi connectivity index (χ0v) is 11.2. The number of nitro groups is 1. The van der Waals surface area contributed by atoms with Crippen molar-refractivity contribution in [3.8, 4) is 5.75 Å². The molecule has 5 heteroatoms. The largest absolute Gasteiger partial charge is 0.494 e. The van der Waals surface area contributed by atoms with Crippen LogP contribution in [0.3, 0.4) is 0 Å². The number of nitrogens with one attached hydrogen (secondary N) is 1. The van der Waals surface area contributed by atoms with E-state index in [2.05, 4.69) is 5.32 Å². The van der Waals surface area contributed by atoms with E-state index in [1.807, 2.05) is 31.2 Å². The quantitative estimate of drug-likeness (QED) is 0.644. The summed E-state index contributed by atoms with van der Waals surface area (Å²) in [6.45, 7) is 3.05. The van der Waals surface area contributed by atoms with Crippen molar-refractivity contribution in [1.82, 2.24) is 0 Å². The fraction of sp³-hybridized carbons (Fsp3) is 0.200. The fourth-order valence-electron chi connectivity index (χ4n) is 1.89. The van der Waals surface area contributed by atoms with Gasteiger partial charge in [-0.25, -0.2) is 0 Å². The van der Waals surface area contributed by atoms with Gasteiger partial charge in [0.05, 0.1) is 11.5 Å². The molecule has 0 heterocycles. The van der Waals surface area contributed by atoms with E-state index in [4.69, 9.17) is 4.74 Å². The summed E-state index contributed by atoms with van der Waals surface area (Å²) < 4.78 is 5.42. The molecule has 0 bridgehead atoms. The molecule has 0 radical (unpaired) electrons. The number of hydrogen-bond acceptors (Lipinski definition) is 4. The van der Waals surface area contributed by atoms with E-state index in [1.165, 1.54) is 6.07 Å². The molecule has 0 fully saturated rings. The van der Waals surface area contributed by atoms with Crippen molar-refractivity contribution in [3.63, 3.8) is 0 Å². The summed E-state index contributed by atoms with van der Waals surface area (Å²) in [6, 6.07) is 14.3. The van der Waals surface area contributed by atoms with Crippen molar-refractivity contribution in [2.75, 3.05) is 11.9 Å². The van der Waals surface area contributed by atoms with Gasteiger partial charge >= 0.3 is 0 Å². The molecule has 5 nitrogen and oxygen atoms in total. The highest BCUT2D eigenvalue weighted by atomic mass is 16.6. The number of anilines is 1. The number of nitrogens with zero attached hydrogens (tertiary/aromatic N) is 1. The maximum Gasteiger partial charge on any atom is 0.292 e. The molecule has 0 aliphatic heterocycles. The lowest BCUT2D eigenvalue weighted by Gasteiger charge is -2.09. The predicted octanol–water partition coefficient (Wildman–Crippen LogP) is 3.61. The van der Waals surface area contributed by atoms with Crippen LogP contribution in [-0.4, -0.2) is 11.5 Å². The molecule has 0 aromatic heterocycles. The molecular formula is C15H16N2O3. The Balaban J connectivity index is 2.09. The van der Waals surface area contributed by atoms with Crippen LogP contribution in [0.4, 0.5) is 11.4 Å². The highest BCUT2D eigenvalue weighted by molar-refractivity contribution is 5.61. The number of para-hydroxylation sites is 2. The van der Waals surface area contributed by atoms with Crippen LogP contribution in [0, 0.1) is 10.1 Å². The maximum atomic E-state index is 10.9. The van der Waals surface area contributed by atoms with Crippen molar-refractivity contribution in [2.24, 2.45) is 0 Å². The van der Waals surface area contributed by atoms with Crippen LogP contribution in [-0.2, 0) is 6.54 Å². The normalized spacial score (nSPS) is 10.1. The smallest absolute Gasteiger partial charge is 0.292 e. The molecule has 0 atom stereocenters. The average Bonchev–Trinajstić information content (AvgIpc) is 2.46. The van der Waals surface area contributed by atoms with Crippen LogP contribution in [0.15, 0.2) is 48.5 Å². The summed E-state index contributed by atoms with van der Waals surface area (Å²) >= 11 is 0. The van der Waals surface area contributed by atoms with Gasteiger partial charge in [0.1, 0.15) is 11.4 Å². The van der Waals surface area contributed by atoms with Crippen molar-refractivity contribution in [3.05, 3.63) is 64.2 Å². The van der Waals surface area contributed by atoms with E-state index < -0.39 is 0 Å². The lowest BCUT2D eigenvalue weighted by Crippen LogP contribution is -2.02. The summed E-state index contributed by atoms with van der Waals surface area (Å²) in [5.74, 6) is 0.800. The average molecular weight is 272 g/mol. The molecule has 0 aliphatic carbocycles. The van der Waals surface area contributed by atoms with Gasteiger partial charge in [-0.2, -0.15) is 0 Å². The van der Waals surface area contributed by atoms with Gasteiger partial charge in [0.2, 0.25) is 0 Å². The van der Waals surface area contributed by atoms with E-state index in [0.717, 1.165) is 11.3 Å². The predicted molar refractivity (Wildman–Crippen MR) is 78.0 cm³/mol. The van der Waals surface area contributed by atoms with E-state index in [-0.39, 0.29) is 10.6 Å². The molecular weight excluding hydrogens is 256 g/mol. The topological polar surface area (TPSA) is 64.4 Å². The molecule has 2 aromatic carbocycles. The Morgan fingerprint density at radius 1 is 1.20 bits per heavy atom. The Morgan fingerprint density at radius 3 is 2.75 bits per heavy atom. The van der Waals surface area contributed by atoms with Crippen LogP contribution < -0.4 is 10.1 Å². The number of nitro benzene ring substituents is 1. The molecule has 2 aromatic rings. The van der Waals surface area contributed by atoms with E-state index >= 15 is 0 Å². The van der Waals surface area contributed by atoms with Gasteiger partial charge in [0, 0.05) is 12.6 Å². The molecule has 1 N–H and O–H groups in total. The summed E-state index contributed by atoms with van der Waals surface area (Å²) in [5.41, 5.74) is 1.60. The summed E-state index contributed by atoms with van der Waals surface area (Å²) in [5, 5.41) is 14.0. The van der Waals surface area contributed by atoms with E-state index in [9.17, 15) is 10.1 Å². The Kier molecular flexibility index (Phi) is 4.55. The summed E-state index contributed by atoms with van der Waals surface area (Å²) in [4.78, 5) is 10.5. The lowest BCUT2D eigenvalue weighted by molar-refractivity contribution is -0.384. The minimum atomic E-state index is -0.390. The van der Waals surface area contributed by atoms with Crippen LogP contribution in [0.25, 0.3) is 0 Å². The van der Waals surface area contributed by atoms with Crippen molar-refractivity contribution < 1.29 is 9.66 Å². The molecule has 0 amide bonds. The third kappa shape index (κ3) is 3.47. The fourth-order valence-corrected chi connectivity index (χ4v) is 1.89. The van der Waals surface area contributed by atoms with Gasteiger partial charge in [-0.3, -0.25) is 10.1 Å². The second-order valence-corrected chi connectivity index (χ2v) is 4.21. The first kappa shape index (κ1) is 13.9. The molecule has 104 valence electrons. The first-order chi connectivity index (χ1) is 9.70. The Morgan fingerprint density at radius 2 is 2.00 bits per heavy atom. The molecule has 2 rings (SSSR count). The van der Waals surface area contributed by atoms with Gasteiger partial charge in [-0.15, -0.1) is 0 Å². The Labute approximate surface area is 117 Å². The molecule has 0 aliphatic rings. The molecule has 0 saturated heterocycles. The van der Waals surface area contributed by atoms with Crippen molar-refractivity contribution >= 4 is 11.4 Å². The van der Waals surface area contributed by atoms with Crippen LogP contribution >= 0.6 is 0 Å². The van der Waals surface area contributed by atoms with Crippen molar-refractivity contribution in [2.45, 2.75) is 13.5 Å². The molecule has 0 saturated carbocycles. The SMILES string of the molecule is CCOc1cccc(CNc2ccccc2[N+](=O)[O-])c1. The van der Waals surface area contributed by atoms with E-state index in [1.54, 1.807) is 18.2 Å². The Bertz CT molecular complexity index is 599. The third-order valence-corrected chi connectivity index (χ3v) is 2.79. The molecule has 0 spiro atoms. The second kappa shape index (κ2) is 6.56. The Hall–Kier alpha value is -2.56. The second-order valence-electron chi connectivity index (χ2n) is 4.21. The highest BCUT2D eigenvalue weighted by Crippen LogP contribution is 2.24. The van der Waals surface area contributed by atoms with Gasteiger partial charge in [-0.05, 0) is 30.7 Å². The summed E-state index contributed by atoms with van der Waals surface area (Å²) in [7, 11) is 0. The maximum absolute atomic E-state index is 10.9. The number of hydrogen-bond donors (Lipinski definition) is 1. The van der Waals surface area contributed by atoms with Gasteiger partial charge < -0.3 is 10.1 Å². The van der Waals surface area contributed by atoms with Crippen molar-refractivity contribution in [1.29, 1.82) is 0 Å². The summed E-state index contributed by atoms with van der Waals surface area (Å²) in [6.07, 6.45) is 0. The highest BCUT2D eigenvalue weighted by Gasteiger charge is 2.11. The monoisotopic (exact) mass is 272 g/mol. The lowest BCUT2D eigenvalue weighted by atomic mass is 10.2. The molecule has 0 unspecified atom stereocenters. The number of benzene rings is 2. The minimum Gasteiger partial charge on any atom is -0.494 e. The van der Waals surface area contributed by atoms with E-state index in [0.29, 0.717) is 18.8 Å². The van der Waals surface area contributed by atoms with Gasteiger partial charge in [0.25, 0.3) is 5.69 Å².